The van der Waals surface area contributed by atoms with Crippen molar-refractivity contribution in [1.82, 2.24) is 0 Å². The number of hydrogen-bond acceptors (Lipinski definition) is 4. The van der Waals surface area contributed by atoms with Crippen molar-refractivity contribution in [3.63, 3.8) is 0 Å². The number of benzene rings is 2. The second kappa shape index (κ2) is 6.09. The van der Waals surface area contributed by atoms with Crippen molar-refractivity contribution < 1.29 is 18.3 Å². The highest BCUT2D eigenvalue weighted by atomic mass is 79.9. The fourth-order valence-electron chi connectivity index (χ4n) is 1.70. The van der Waals surface area contributed by atoms with E-state index in [-0.39, 0.29) is 16.9 Å². The average Bonchev–Trinajstić information content (AvgIpc) is 2.45. The highest BCUT2D eigenvalue weighted by Gasteiger charge is 2.15. The van der Waals surface area contributed by atoms with E-state index in [0.29, 0.717) is 10.2 Å². The van der Waals surface area contributed by atoms with Gasteiger partial charge in [0.2, 0.25) is 0 Å². The molecule has 0 unspecified atom stereocenters. The molecular formula is C14H11BrF2N2O2. The van der Waals surface area contributed by atoms with Crippen molar-refractivity contribution in [3.05, 3.63) is 52.0 Å². The quantitative estimate of drug-likeness (QED) is 0.647. The summed E-state index contributed by atoms with van der Waals surface area (Å²) in [6.07, 6.45) is 0. The topological polar surface area (TPSA) is 64.3 Å². The molecule has 3 N–H and O–H groups in total. The van der Waals surface area contributed by atoms with E-state index in [1.54, 1.807) is 6.07 Å². The lowest BCUT2D eigenvalue weighted by atomic mass is 10.1. The minimum atomic E-state index is -0.683. The minimum absolute atomic E-state index is 0.00803. The Bertz CT molecular complexity index is 708. The van der Waals surface area contributed by atoms with Crippen LogP contribution >= 0.6 is 15.9 Å². The van der Waals surface area contributed by atoms with Crippen molar-refractivity contribution in [1.29, 1.82) is 0 Å². The second-order valence-electron chi connectivity index (χ2n) is 4.16. The Hall–Kier alpha value is -2.15. The molecule has 0 aliphatic rings. The zero-order valence-corrected chi connectivity index (χ0v) is 12.5. The summed E-state index contributed by atoms with van der Waals surface area (Å²) in [5, 5.41) is 2.69. The average molecular weight is 357 g/mol. The number of rotatable bonds is 3. The molecule has 0 saturated heterocycles. The van der Waals surface area contributed by atoms with Gasteiger partial charge in [0.15, 0.2) is 0 Å². The third-order valence-electron chi connectivity index (χ3n) is 2.74. The Morgan fingerprint density at radius 2 is 1.95 bits per heavy atom. The number of ether oxygens (including phenoxy) is 1. The van der Waals surface area contributed by atoms with Gasteiger partial charge in [-0.15, -0.1) is 0 Å². The van der Waals surface area contributed by atoms with Crippen LogP contribution in [0.25, 0.3) is 0 Å². The van der Waals surface area contributed by atoms with E-state index >= 15 is 0 Å². The van der Waals surface area contributed by atoms with Gasteiger partial charge in [0.1, 0.15) is 11.6 Å². The van der Waals surface area contributed by atoms with Gasteiger partial charge < -0.3 is 15.8 Å². The van der Waals surface area contributed by atoms with E-state index in [1.807, 2.05) is 0 Å². The molecule has 0 atom stereocenters. The normalized spacial score (nSPS) is 10.3. The van der Waals surface area contributed by atoms with E-state index < -0.39 is 17.6 Å². The van der Waals surface area contributed by atoms with Crippen LogP contribution in [-0.4, -0.2) is 13.1 Å². The van der Waals surface area contributed by atoms with E-state index in [1.165, 1.54) is 25.3 Å². The summed E-state index contributed by atoms with van der Waals surface area (Å²) < 4.78 is 32.2. The van der Waals surface area contributed by atoms with Gasteiger partial charge in [-0.1, -0.05) is 0 Å². The van der Waals surface area contributed by atoms with Crippen molar-refractivity contribution in [3.8, 4) is 0 Å². The molecule has 0 fully saturated rings. The van der Waals surface area contributed by atoms with Crippen molar-refractivity contribution >= 4 is 39.0 Å². The van der Waals surface area contributed by atoms with E-state index in [9.17, 15) is 13.6 Å². The third kappa shape index (κ3) is 3.30. The van der Waals surface area contributed by atoms with Gasteiger partial charge in [0.25, 0.3) is 0 Å². The van der Waals surface area contributed by atoms with Gasteiger partial charge >= 0.3 is 5.97 Å². The Morgan fingerprint density at radius 3 is 2.57 bits per heavy atom. The maximum absolute atomic E-state index is 13.9. The van der Waals surface area contributed by atoms with Crippen LogP contribution < -0.4 is 11.1 Å². The number of nitrogens with two attached hydrogens (primary N) is 1. The lowest BCUT2D eigenvalue weighted by Crippen LogP contribution is -2.07. The summed E-state index contributed by atoms with van der Waals surface area (Å²) in [5.74, 6) is -1.84. The van der Waals surface area contributed by atoms with Crippen LogP contribution in [0.5, 0.6) is 0 Å². The number of carbonyl (C=O) groups is 1. The molecule has 0 amide bonds. The summed E-state index contributed by atoms with van der Waals surface area (Å²) in [7, 11) is 1.20. The zero-order chi connectivity index (χ0) is 15.6. The Labute approximate surface area is 128 Å². The van der Waals surface area contributed by atoms with E-state index in [4.69, 9.17) is 5.73 Å². The summed E-state index contributed by atoms with van der Waals surface area (Å²) in [5.41, 5.74) is 5.88. The van der Waals surface area contributed by atoms with Crippen LogP contribution in [0, 0.1) is 11.6 Å². The number of esters is 1. The largest absolute Gasteiger partial charge is 0.465 e. The lowest BCUT2D eigenvalue weighted by Gasteiger charge is -2.11. The van der Waals surface area contributed by atoms with Gasteiger partial charge in [-0.3, -0.25) is 0 Å². The Balaban J connectivity index is 2.39. The number of hydrogen-bond donors (Lipinski definition) is 2. The summed E-state index contributed by atoms with van der Waals surface area (Å²) in [6, 6.07) is 6.45. The van der Waals surface area contributed by atoms with Gasteiger partial charge in [-0.25, -0.2) is 13.6 Å². The van der Waals surface area contributed by atoms with Crippen LogP contribution in [-0.2, 0) is 4.74 Å². The first kappa shape index (κ1) is 15.2. The Morgan fingerprint density at radius 1 is 1.24 bits per heavy atom. The van der Waals surface area contributed by atoms with Crippen LogP contribution in [0.2, 0.25) is 0 Å². The van der Waals surface area contributed by atoms with Gasteiger partial charge in [0.05, 0.1) is 22.8 Å². The fraction of sp³-hybridized carbons (Fsp3) is 0.0714. The number of nitrogen functional groups attached to an aromatic ring is 1. The number of nitrogens with one attached hydrogen (secondary N) is 1. The van der Waals surface area contributed by atoms with Crippen LogP contribution in [0.15, 0.2) is 34.8 Å². The molecule has 2 aromatic rings. The lowest BCUT2D eigenvalue weighted by molar-refractivity contribution is 0.0602. The number of anilines is 3. The Kier molecular flexibility index (Phi) is 4.42. The number of carbonyl (C=O) groups excluding carboxylic acids is 1. The maximum atomic E-state index is 13.9. The fourth-order valence-corrected chi connectivity index (χ4v) is 1.95. The van der Waals surface area contributed by atoms with Crippen LogP contribution in [0.3, 0.4) is 0 Å². The zero-order valence-electron chi connectivity index (χ0n) is 10.9. The van der Waals surface area contributed by atoms with E-state index in [0.717, 1.165) is 6.07 Å². The molecule has 7 heteroatoms. The van der Waals surface area contributed by atoms with Gasteiger partial charge in [0, 0.05) is 11.4 Å². The highest BCUT2D eigenvalue weighted by molar-refractivity contribution is 9.10. The molecule has 0 spiro atoms. The molecule has 0 aliphatic carbocycles. The van der Waals surface area contributed by atoms with Crippen molar-refractivity contribution in [2.75, 3.05) is 18.2 Å². The van der Waals surface area contributed by atoms with Crippen LogP contribution in [0.4, 0.5) is 25.8 Å². The first-order chi connectivity index (χ1) is 9.92. The van der Waals surface area contributed by atoms with Crippen molar-refractivity contribution in [2.45, 2.75) is 0 Å². The molecule has 0 bridgehead atoms. The van der Waals surface area contributed by atoms with Crippen molar-refractivity contribution in [2.24, 2.45) is 0 Å². The first-order valence-electron chi connectivity index (χ1n) is 5.81. The number of methoxy groups -OCH3 is 1. The molecule has 0 aliphatic heterocycles. The molecule has 0 radical (unpaired) electrons. The standard InChI is InChI=1S/C14H11BrF2N2O2/c1-21-14(20)8-5-13(11(17)6-12(8)18)19-7-2-3-9(15)10(16)4-7/h2-6,19H,18H2,1H3. The molecule has 110 valence electrons. The van der Waals surface area contributed by atoms with Gasteiger partial charge in [-0.05, 0) is 46.3 Å². The molecule has 4 nitrogen and oxygen atoms in total. The highest BCUT2D eigenvalue weighted by Crippen LogP contribution is 2.27. The van der Waals surface area contributed by atoms with Crippen LogP contribution in [0.1, 0.15) is 10.4 Å². The smallest absolute Gasteiger partial charge is 0.340 e. The molecule has 2 rings (SSSR count). The molecule has 0 aromatic heterocycles. The van der Waals surface area contributed by atoms with Gasteiger partial charge in [-0.2, -0.15) is 0 Å². The predicted octanol–water partition coefficient (Wildman–Crippen LogP) is 3.84. The number of halogens is 3. The summed E-state index contributed by atoms with van der Waals surface area (Å²) in [4.78, 5) is 11.5. The second-order valence-corrected chi connectivity index (χ2v) is 5.02. The first-order valence-corrected chi connectivity index (χ1v) is 6.61. The molecule has 0 saturated carbocycles. The predicted molar refractivity (Wildman–Crippen MR) is 79.5 cm³/mol. The maximum Gasteiger partial charge on any atom is 0.340 e. The third-order valence-corrected chi connectivity index (χ3v) is 3.39. The molecular weight excluding hydrogens is 346 g/mol. The molecule has 2 aromatic carbocycles. The summed E-state index contributed by atoms with van der Waals surface area (Å²) >= 11 is 3.02. The molecule has 0 heterocycles. The minimum Gasteiger partial charge on any atom is -0.465 e. The van der Waals surface area contributed by atoms with E-state index in [2.05, 4.69) is 26.0 Å². The molecule has 21 heavy (non-hydrogen) atoms. The SMILES string of the molecule is COC(=O)c1cc(Nc2ccc(Br)c(F)c2)c(F)cc1N. The summed E-state index contributed by atoms with van der Waals surface area (Å²) in [6.45, 7) is 0. The monoisotopic (exact) mass is 356 g/mol.